The van der Waals surface area contributed by atoms with E-state index in [9.17, 15) is 18.0 Å². The molecule has 0 atom stereocenters. The first kappa shape index (κ1) is 26.7. The normalized spacial score (nSPS) is 11.1. The summed E-state index contributed by atoms with van der Waals surface area (Å²) >= 11 is 12.1. The van der Waals surface area contributed by atoms with Gasteiger partial charge in [0, 0.05) is 39.7 Å². The molecular formula is C30H21Cl2F3N2O2. The molecule has 0 bridgehead atoms. The molecule has 0 aliphatic heterocycles. The van der Waals surface area contributed by atoms with E-state index >= 15 is 0 Å². The number of furan rings is 1. The largest absolute Gasteiger partial charge is 0.459 e. The zero-order valence-corrected chi connectivity index (χ0v) is 22.1. The Morgan fingerprint density at radius 3 is 2.10 bits per heavy atom. The third-order valence-electron chi connectivity index (χ3n) is 6.20. The van der Waals surface area contributed by atoms with Gasteiger partial charge in [0.1, 0.15) is 22.8 Å². The summed E-state index contributed by atoms with van der Waals surface area (Å²) in [6.45, 7) is 1.97. The molecule has 0 saturated carbocycles. The Bertz CT molecular complexity index is 1650. The number of fused-ring (bicyclic) bond motifs is 1. The highest BCUT2D eigenvalue weighted by atomic mass is 35.5. The van der Waals surface area contributed by atoms with Crippen molar-refractivity contribution < 1.29 is 22.4 Å². The van der Waals surface area contributed by atoms with Gasteiger partial charge in [-0.05, 0) is 54.4 Å². The minimum Gasteiger partial charge on any atom is -0.459 e. The number of rotatable bonds is 6. The first-order valence-corrected chi connectivity index (χ1v) is 12.7. The van der Waals surface area contributed by atoms with Crippen LogP contribution in [0.4, 0.5) is 23.7 Å². The molecule has 9 heteroatoms. The molecule has 1 heterocycles. The summed E-state index contributed by atoms with van der Waals surface area (Å²) in [5.74, 6) is -3.09. The fraction of sp³-hybridized carbons (Fsp3) is 0.100. The number of nitrogens with one attached hydrogen (secondary N) is 1. The molecule has 0 unspecified atom stereocenters. The Labute approximate surface area is 232 Å². The van der Waals surface area contributed by atoms with E-state index in [1.165, 1.54) is 4.90 Å². The van der Waals surface area contributed by atoms with Crippen LogP contribution in [0.1, 0.15) is 16.9 Å². The fourth-order valence-corrected chi connectivity index (χ4v) is 4.59. The average Bonchev–Trinajstić information content (AvgIpc) is 3.24. The van der Waals surface area contributed by atoms with Crippen LogP contribution in [0.5, 0.6) is 0 Å². The average molecular weight is 569 g/mol. The van der Waals surface area contributed by atoms with E-state index in [1.807, 2.05) is 37.3 Å². The van der Waals surface area contributed by atoms with Crippen molar-refractivity contribution in [1.82, 2.24) is 4.90 Å². The van der Waals surface area contributed by atoms with Gasteiger partial charge in [0.25, 0.3) is 0 Å². The second-order valence-electron chi connectivity index (χ2n) is 9.06. The maximum absolute atomic E-state index is 14.4. The lowest BCUT2D eigenvalue weighted by Gasteiger charge is -2.23. The van der Waals surface area contributed by atoms with Crippen LogP contribution in [0.3, 0.4) is 0 Å². The second kappa shape index (κ2) is 11.0. The zero-order valence-electron chi connectivity index (χ0n) is 20.6. The minimum absolute atomic E-state index is 0.0510. The summed E-state index contributed by atoms with van der Waals surface area (Å²) in [4.78, 5) is 14.8. The van der Waals surface area contributed by atoms with Crippen LogP contribution in [-0.2, 0) is 13.1 Å². The molecule has 198 valence electrons. The second-order valence-corrected chi connectivity index (χ2v) is 9.94. The number of hydrogen-bond donors (Lipinski definition) is 1. The van der Waals surface area contributed by atoms with Crippen molar-refractivity contribution in [1.29, 1.82) is 0 Å². The molecule has 2 amide bonds. The molecule has 4 nitrogen and oxygen atoms in total. The minimum atomic E-state index is -1.23. The Morgan fingerprint density at radius 2 is 1.46 bits per heavy atom. The number of halogens is 5. The molecule has 0 aliphatic rings. The van der Waals surface area contributed by atoms with Crippen molar-refractivity contribution in [2.75, 3.05) is 5.32 Å². The standard InChI is InChI=1S/C30H21Cl2F3N2O2/c1-17-2-11-26-23(12-17)28(19-5-9-21(32)10-6-19)27(39-26)16-37(15-18-3-7-20(31)8-4-18)30(38)36-29-24(34)13-22(33)14-25(29)35/h2-14H,15-16H2,1H3,(H,36,38). The zero-order chi connectivity index (χ0) is 27.7. The molecule has 0 spiro atoms. The van der Waals surface area contributed by atoms with Gasteiger partial charge in [-0.3, -0.25) is 0 Å². The van der Waals surface area contributed by atoms with Gasteiger partial charge in [-0.25, -0.2) is 18.0 Å². The summed E-state index contributed by atoms with van der Waals surface area (Å²) in [6.07, 6.45) is 0. The van der Waals surface area contributed by atoms with Crippen molar-refractivity contribution in [3.05, 3.63) is 123 Å². The van der Waals surface area contributed by atoms with Gasteiger partial charge in [0.2, 0.25) is 0 Å². The number of urea groups is 1. The van der Waals surface area contributed by atoms with Gasteiger partial charge in [0.15, 0.2) is 11.6 Å². The lowest BCUT2D eigenvalue weighted by atomic mass is 10.0. The summed E-state index contributed by atoms with van der Waals surface area (Å²) in [5.41, 5.74) is 3.18. The highest BCUT2D eigenvalue weighted by Gasteiger charge is 2.24. The Kier molecular flexibility index (Phi) is 7.55. The number of anilines is 1. The van der Waals surface area contributed by atoms with Crippen molar-refractivity contribution in [3.63, 3.8) is 0 Å². The molecule has 5 aromatic rings. The van der Waals surface area contributed by atoms with Crippen LogP contribution in [0, 0.1) is 24.4 Å². The summed E-state index contributed by atoms with van der Waals surface area (Å²) in [6, 6.07) is 20.0. The van der Waals surface area contributed by atoms with Crippen molar-refractivity contribution in [3.8, 4) is 11.1 Å². The maximum Gasteiger partial charge on any atom is 0.322 e. The van der Waals surface area contributed by atoms with Gasteiger partial charge in [-0.15, -0.1) is 0 Å². The van der Waals surface area contributed by atoms with E-state index in [0.717, 1.165) is 27.6 Å². The molecule has 4 aromatic carbocycles. The van der Waals surface area contributed by atoms with Crippen LogP contribution in [0.25, 0.3) is 22.1 Å². The molecule has 5 rings (SSSR count). The van der Waals surface area contributed by atoms with Crippen molar-refractivity contribution in [2.24, 2.45) is 0 Å². The van der Waals surface area contributed by atoms with Crippen molar-refractivity contribution >= 4 is 45.9 Å². The number of hydrogen-bond acceptors (Lipinski definition) is 2. The van der Waals surface area contributed by atoms with Gasteiger partial charge >= 0.3 is 6.03 Å². The fourth-order valence-electron chi connectivity index (χ4n) is 4.34. The van der Waals surface area contributed by atoms with Crippen molar-refractivity contribution in [2.45, 2.75) is 20.0 Å². The molecule has 0 radical (unpaired) electrons. The summed E-state index contributed by atoms with van der Waals surface area (Å²) < 4.78 is 48.4. The molecule has 0 saturated heterocycles. The van der Waals surface area contributed by atoms with Gasteiger partial charge in [-0.2, -0.15) is 0 Å². The number of nitrogens with zero attached hydrogens (tertiary/aromatic N) is 1. The topological polar surface area (TPSA) is 45.5 Å². The number of carbonyl (C=O) groups excluding carboxylic acids is 1. The molecule has 0 fully saturated rings. The van der Waals surface area contributed by atoms with E-state index in [1.54, 1.807) is 36.4 Å². The molecule has 1 aromatic heterocycles. The van der Waals surface area contributed by atoms with E-state index < -0.39 is 29.2 Å². The highest BCUT2D eigenvalue weighted by Crippen LogP contribution is 2.37. The number of benzene rings is 4. The monoisotopic (exact) mass is 568 g/mol. The quantitative estimate of drug-likeness (QED) is 0.222. The first-order valence-electron chi connectivity index (χ1n) is 11.9. The molecule has 0 aliphatic carbocycles. The van der Waals surface area contributed by atoms with Gasteiger partial charge < -0.3 is 14.6 Å². The SMILES string of the molecule is Cc1ccc2oc(CN(Cc3ccc(Cl)cc3)C(=O)Nc3c(F)cc(F)cc3F)c(-c3ccc(Cl)cc3)c2c1. The first-order chi connectivity index (χ1) is 18.7. The molecule has 39 heavy (non-hydrogen) atoms. The van der Waals surface area contributed by atoms with Gasteiger partial charge in [-0.1, -0.05) is 59.1 Å². The van der Waals surface area contributed by atoms with Crippen LogP contribution in [0.2, 0.25) is 10.0 Å². The van der Waals surface area contributed by atoms with E-state index in [2.05, 4.69) is 5.32 Å². The number of amides is 2. The lowest BCUT2D eigenvalue weighted by Crippen LogP contribution is -2.34. The van der Waals surface area contributed by atoms with E-state index in [-0.39, 0.29) is 13.1 Å². The molecular weight excluding hydrogens is 548 g/mol. The molecule has 1 N–H and O–H groups in total. The highest BCUT2D eigenvalue weighted by molar-refractivity contribution is 6.30. The smallest absolute Gasteiger partial charge is 0.322 e. The van der Waals surface area contributed by atoms with Crippen LogP contribution in [0.15, 0.2) is 83.3 Å². The maximum atomic E-state index is 14.4. The Morgan fingerprint density at radius 1 is 0.846 bits per heavy atom. The third kappa shape index (κ3) is 5.90. The lowest BCUT2D eigenvalue weighted by molar-refractivity contribution is 0.201. The van der Waals surface area contributed by atoms with E-state index in [4.69, 9.17) is 27.6 Å². The Balaban J connectivity index is 1.57. The van der Waals surface area contributed by atoms with E-state index in [0.29, 0.717) is 33.5 Å². The summed E-state index contributed by atoms with van der Waals surface area (Å²) in [7, 11) is 0. The van der Waals surface area contributed by atoms with Crippen LogP contribution < -0.4 is 5.32 Å². The number of carbonyl (C=O) groups is 1. The predicted octanol–water partition coefficient (Wildman–Crippen LogP) is 9.37. The number of aryl methyl sites for hydroxylation is 1. The third-order valence-corrected chi connectivity index (χ3v) is 6.70. The summed E-state index contributed by atoms with van der Waals surface area (Å²) in [5, 5.41) is 4.18. The van der Waals surface area contributed by atoms with Crippen LogP contribution >= 0.6 is 23.2 Å². The van der Waals surface area contributed by atoms with Gasteiger partial charge in [0.05, 0.1) is 6.54 Å². The van der Waals surface area contributed by atoms with Crippen LogP contribution in [-0.4, -0.2) is 10.9 Å². The predicted molar refractivity (Wildman–Crippen MR) is 147 cm³/mol. The Hall–Kier alpha value is -3.94.